The lowest BCUT2D eigenvalue weighted by atomic mass is 10.1. The third kappa shape index (κ3) is 4.88. The second-order valence-electron chi connectivity index (χ2n) is 7.82. The molecule has 2 heterocycles. The van der Waals surface area contributed by atoms with Crippen molar-refractivity contribution in [2.24, 2.45) is 0 Å². The first-order valence-electron chi connectivity index (χ1n) is 10.1. The van der Waals surface area contributed by atoms with Crippen LogP contribution in [-0.2, 0) is 4.79 Å². The number of hydrogen-bond donors (Lipinski definition) is 1. The van der Waals surface area contributed by atoms with E-state index in [0.29, 0.717) is 47.6 Å². The van der Waals surface area contributed by atoms with Crippen LogP contribution in [0.25, 0.3) is 10.1 Å². The average Bonchev–Trinajstić information content (AvgIpc) is 3.06. The van der Waals surface area contributed by atoms with E-state index in [-0.39, 0.29) is 11.8 Å². The third-order valence-corrected chi connectivity index (χ3v) is 7.36. The van der Waals surface area contributed by atoms with Gasteiger partial charge in [0.25, 0.3) is 5.91 Å². The Morgan fingerprint density at radius 2 is 1.77 bits per heavy atom. The molecule has 0 radical (unpaired) electrons. The Labute approximate surface area is 195 Å². The van der Waals surface area contributed by atoms with Crippen molar-refractivity contribution < 1.29 is 9.59 Å². The number of fused-ring (bicyclic) bond motifs is 1. The van der Waals surface area contributed by atoms with Crippen LogP contribution in [0, 0.1) is 13.8 Å². The largest absolute Gasteiger partial charge is 0.335 e. The van der Waals surface area contributed by atoms with Crippen LogP contribution in [0.2, 0.25) is 10.0 Å². The molecule has 0 unspecified atom stereocenters. The third-order valence-electron chi connectivity index (χ3n) is 5.48. The van der Waals surface area contributed by atoms with Gasteiger partial charge in [-0.2, -0.15) is 0 Å². The number of amides is 2. The number of hydrogen-bond acceptors (Lipinski definition) is 4. The van der Waals surface area contributed by atoms with Crippen molar-refractivity contribution in [1.29, 1.82) is 0 Å². The Balaban J connectivity index is 1.35. The van der Waals surface area contributed by atoms with Gasteiger partial charge in [0.2, 0.25) is 5.91 Å². The van der Waals surface area contributed by atoms with Gasteiger partial charge in [-0.15, -0.1) is 11.3 Å². The van der Waals surface area contributed by atoms with Crippen LogP contribution < -0.4 is 5.32 Å². The van der Waals surface area contributed by atoms with Crippen LogP contribution in [0.5, 0.6) is 0 Å². The molecular weight excluding hydrogens is 453 g/mol. The highest BCUT2D eigenvalue weighted by Crippen LogP contribution is 2.37. The van der Waals surface area contributed by atoms with Gasteiger partial charge in [-0.25, -0.2) is 0 Å². The number of nitrogens with one attached hydrogen (secondary N) is 1. The topological polar surface area (TPSA) is 52.7 Å². The summed E-state index contributed by atoms with van der Waals surface area (Å²) in [5, 5.41) is 4.95. The minimum atomic E-state index is -0.0678. The molecule has 1 N–H and O–H groups in total. The number of piperazine rings is 1. The predicted molar refractivity (Wildman–Crippen MR) is 129 cm³/mol. The summed E-state index contributed by atoms with van der Waals surface area (Å²) in [6.45, 7) is 6.68. The summed E-state index contributed by atoms with van der Waals surface area (Å²) in [7, 11) is 0. The van der Waals surface area contributed by atoms with Crippen LogP contribution >= 0.6 is 34.5 Å². The fourth-order valence-corrected chi connectivity index (χ4v) is 5.45. The molecule has 8 heteroatoms. The summed E-state index contributed by atoms with van der Waals surface area (Å²) in [4.78, 5) is 29.9. The first-order valence-corrected chi connectivity index (χ1v) is 11.7. The van der Waals surface area contributed by atoms with Gasteiger partial charge in [-0.3, -0.25) is 14.5 Å². The Bertz CT molecular complexity index is 1150. The van der Waals surface area contributed by atoms with Gasteiger partial charge in [0.15, 0.2) is 0 Å². The Morgan fingerprint density at radius 1 is 1.03 bits per heavy atom. The average molecular weight is 476 g/mol. The lowest BCUT2D eigenvalue weighted by Crippen LogP contribution is -2.50. The molecule has 1 saturated heterocycles. The molecule has 0 atom stereocenters. The van der Waals surface area contributed by atoms with Crippen LogP contribution in [0.3, 0.4) is 0 Å². The van der Waals surface area contributed by atoms with E-state index in [1.165, 1.54) is 11.3 Å². The molecular formula is C23H23Cl2N3O2S. The summed E-state index contributed by atoms with van der Waals surface area (Å²) in [5.41, 5.74) is 2.99. The number of nitrogens with zero attached hydrogens (tertiary/aromatic N) is 2. The van der Waals surface area contributed by atoms with E-state index in [2.05, 4.69) is 10.2 Å². The van der Waals surface area contributed by atoms with Gasteiger partial charge in [0.05, 0.1) is 11.6 Å². The highest BCUT2D eigenvalue weighted by molar-refractivity contribution is 7.21. The van der Waals surface area contributed by atoms with E-state index in [9.17, 15) is 9.59 Å². The van der Waals surface area contributed by atoms with Crippen LogP contribution in [0.4, 0.5) is 5.69 Å². The zero-order chi connectivity index (χ0) is 22.1. The molecule has 2 aromatic carbocycles. The standard InChI is InChI=1S/C23H23Cl2N3O2S/c1-14-3-4-15(2)18(11-14)26-20(29)13-27-7-9-28(10-8-27)23(30)22-21(25)17-6-5-16(24)12-19(17)31-22/h3-6,11-12H,7-10,13H2,1-2H3,(H,26,29). The SMILES string of the molecule is Cc1ccc(C)c(NC(=O)CN2CCN(C(=O)c3sc4cc(Cl)ccc4c3Cl)CC2)c1. The zero-order valence-corrected chi connectivity index (χ0v) is 19.7. The molecule has 0 saturated carbocycles. The number of aryl methyl sites for hydroxylation is 2. The van der Waals surface area contributed by atoms with Gasteiger partial charge >= 0.3 is 0 Å². The molecule has 162 valence electrons. The summed E-state index contributed by atoms with van der Waals surface area (Å²) >= 11 is 13.9. The summed E-state index contributed by atoms with van der Waals surface area (Å²) < 4.78 is 0.905. The van der Waals surface area contributed by atoms with Crippen LogP contribution in [0.1, 0.15) is 20.8 Å². The molecule has 1 aliphatic rings. The van der Waals surface area contributed by atoms with Crippen molar-refractivity contribution in [2.75, 3.05) is 38.0 Å². The molecule has 0 aliphatic carbocycles. The van der Waals surface area contributed by atoms with Crippen molar-refractivity contribution in [3.05, 3.63) is 62.4 Å². The molecule has 1 aliphatic heterocycles. The lowest BCUT2D eigenvalue weighted by molar-refractivity contribution is -0.117. The van der Waals surface area contributed by atoms with Gasteiger partial charge < -0.3 is 10.2 Å². The van der Waals surface area contributed by atoms with Crippen molar-refractivity contribution >= 4 is 62.1 Å². The number of thiophene rings is 1. The Hall–Kier alpha value is -2.12. The Kier molecular flexibility index (Phi) is 6.53. The van der Waals surface area contributed by atoms with E-state index in [0.717, 1.165) is 26.9 Å². The normalized spacial score (nSPS) is 14.8. The monoisotopic (exact) mass is 475 g/mol. The second-order valence-corrected chi connectivity index (χ2v) is 9.69. The summed E-state index contributed by atoms with van der Waals surface area (Å²) in [6, 6.07) is 11.5. The number of anilines is 1. The van der Waals surface area contributed by atoms with Crippen molar-refractivity contribution in [2.45, 2.75) is 13.8 Å². The molecule has 31 heavy (non-hydrogen) atoms. The quantitative estimate of drug-likeness (QED) is 0.562. The van der Waals surface area contributed by atoms with Gasteiger partial charge in [0, 0.05) is 47.0 Å². The van der Waals surface area contributed by atoms with E-state index < -0.39 is 0 Å². The number of halogens is 2. The molecule has 3 aromatic rings. The van der Waals surface area contributed by atoms with E-state index >= 15 is 0 Å². The van der Waals surface area contributed by atoms with Gasteiger partial charge in [0.1, 0.15) is 4.88 Å². The minimum absolute atomic E-state index is 0.0436. The molecule has 0 spiro atoms. The van der Waals surface area contributed by atoms with Gasteiger partial charge in [-0.1, -0.05) is 41.4 Å². The maximum absolute atomic E-state index is 13.0. The fourth-order valence-electron chi connectivity index (χ4n) is 3.69. The van der Waals surface area contributed by atoms with Crippen LogP contribution in [0.15, 0.2) is 36.4 Å². The maximum atomic E-state index is 13.0. The second kappa shape index (κ2) is 9.17. The highest BCUT2D eigenvalue weighted by Gasteiger charge is 2.27. The number of rotatable bonds is 4. The maximum Gasteiger partial charge on any atom is 0.265 e. The van der Waals surface area contributed by atoms with Crippen LogP contribution in [-0.4, -0.2) is 54.3 Å². The minimum Gasteiger partial charge on any atom is -0.335 e. The lowest BCUT2D eigenvalue weighted by Gasteiger charge is -2.34. The smallest absolute Gasteiger partial charge is 0.265 e. The van der Waals surface area contributed by atoms with E-state index in [1.807, 2.05) is 44.2 Å². The first-order chi connectivity index (χ1) is 14.8. The molecule has 0 bridgehead atoms. The van der Waals surface area contributed by atoms with E-state index in [4.69, 9.17) is 23.2 Å². The highest BCUT2D eigenvalue weighted by atomic mass is 35.5. The first kappa shape index (κ1) is 22.1. The number of benzene rings is 2. The van der Waals surface area contributed by atoms with Crippen molar-refractivity contribution in [1.82, 2.24) is 9.80 Å². The van der Waals surface area contributed by atoms with Gasteiger partial charge in [-0.05, 0) is 43.2 Å². The molecule has 5 nitrogen and oxygen atoms in total. The number of carbonyl (C=O) groups is 2. The van der Waals surface area contributed by atoms with E-state index in [1.54, 1.807) is 11.0 Å². The Morgan fingerprint density at radius 3 is 2.52 bits per heavy atom. The summed E-state index contributed by atoms with van der Waals surface area (Å²) in [6.07, 6.45) is 0. The molecule has 2 amide bonds. The molecule has 1 aromatic heterocycles. The molecule has 4 rings (SSSR count). The molecule has 1 fully saturated rings. The summed E-state index contributed by atoms with van der Waals surface area (Å²) in [5.74, 6) is -0.111. The fraction of sp³-hybridized carbons (Fsp3) is 0.304. The number of carbonyl (C=O) groups excluding carboxylic acids is 2. The van der Waals surface area contributed by atoms with Crippen molar-refractivity contribution in [3.8, 4) is 0 Å². The van der Waals surface area contributed by atoms with Crippen molar-refractivity contribution in [3.63, 3.8) is 0 Å². The zero-order valence-electron chi connectivity index (χ0n) is 17.4. The predicted octanol–water partition coefficient (Wildman–Crippen LogP) is 5.22.